The van der Waals surface area contributed by atoms with Crippen molar-refractivity contribution in [3.05, 3.63) is 56.5 Å². The van der Waals surface area contributed by atoms with Crippen LogP contribution in [0.25, 0.3) is 0 Å². The van der Waals surface area contributed by atoms with E-state index in [4.69, 9.17) is 4.74 Å². The Balaban J connectivity index is 0.00000433. The summed E-state index contributed by atoms with van der Waals surface area (Å²) >= 11 is 6.77. The predicted molar refractivity (Wildman–Crippen MR) is 185 cm³/mol. The van der Waals surface area contributed by atoms with Crippen LogP contribution in [0.4, 0.5) is 15.3 Å². The second-order valence-corrected chi connectivity index (χ2v) is 14.7. The number of nitrogens with one attached hydrogen (secondary N) is 2. The molecule has 4 aliphatic heterocycles. The lowest BCUT2D eigenvalue weighted by molar-refractivity contribution is -0.142. The van der Waals surface area contributed by atoms with Crippen LogP contribution in [0.15, 0.2) is 45.3 Å². The molecule has 6 rings (SSSR count). The molecule has 10 nitrogen and oxygen atoms in total. The highest BCUT2D eigenvalue weighted by Gasteiger charge is 2.36. The Labute approximate surface area is 288 Å². The van der Waals surface area contributed by atoms with Crippen molar-refractivity contribution in [2.45, 2.75) is 63.5 Å². The van der Waals surface area contributed by atoms with E-state index >= 15 is 0 Å². The second-order valence-electron chi connectivity index (χ2n) is 13.0. The summed E-state index contributed by atoms with van der Waals surface area (Å²) in [6.07, 6.45) is 5.07. The van der Waals surface area contributed by atoms with Gasteiger partial charge in [-0.2, -0.15) is 0 Å². The van der Waals surface area contributed by atoms with Gasteiger partial charge in [-0.15, -0.1) is 0 Å². The van der Waals surface area contributed by atoms with Crippen molar-refractivity contribution < 1.29 is 25.7 Å². The number of nitrogens with zero attached hydrogens (tertiary/aromatic N) is 3. The Bertz CT molecular complexity index is 1400. The summed E-state index contributed by atoms with van der Waals surface area (Å²) in [5.74, 6) is 1.23. The molecule has 4 aliphatic rings. The number of fused-ring (bicyclic) bond motifs is 1. The van der Waals surface area contributed by atoms with Crippen molar-refractivity contribution in [1.29, 1.82) is 0 Å². The van der Waals surface area contributed by atoms with Gasteiger partial charge in [-0.1, -0.05) is 18.2 Å². The standard InChI is InChI=1S/C34H43Br2N5O5.H2/c35-27-19-22(20-28(36)31(27)42)21-30(32(43)39-14-7-24(8-15-39)23-5-12-37-13-6-23)46-34(45)40-16-10-26(11-17-40)41-18-9-25-3-1-2-4-29(25)38-33(41)44;/h1-4,19-20,23-24,26,30,37,42H,5-18,21H2,(H,38,44);1H/t30-;/m1./s1. The summed E-state index contributed by atoms with van der Waals surface area (Å²) in [5.41, 5.74) is 2.74. The molecule has 0 spiro atoms. The Morgan fingerprint density at radius 1 is 0.913 bits per heavy atom. The van der Waals surface area contributed by atoms with E-state index in [-0.39, 0.29) is 31.6 Å². The largest absolute Gasteiger partial charge is 0.506 e. The minimum atomic E-state index is -0.987. The number of benzene rings is 2. The molecule has 0 bridgehead atoms. The number of para-hydroxylation sites is 1. The van der Waals surface area contributed by atoms with E-state index in [0.717, 1.165) is 49.2 Å². The van der Waals surface area contributed by atoms with E-state index in [9.17, 15) is 19.5 Å². The Morgan fingerprint density at radius 2 is 1.54 bits per heavy atom. The molecule has 0 aliphatic carbocycles. The van der Waals surface area contributed by atoms with Crippen molar-refractivity contribution in [2.75, 3.05) is 51.1 Å². The van der Waals surface area contributed by atoms with Crippen molar-refractivity contribution in [3.8, 4) is 5.75 Å². The first-order valence-corrected chi connectivity index (χ1v) is 18.1. The van der Waals surface area contributed by atoms with Crippen LogP contribution < -0.4 is 10.6 Å². The Kier molecular flexibility index (Phi) is 10.7. The molecule has 3 fully saturated rings. The van der Waals surface area contributed by atoms with Gasteiger partial charge in [0.15, 0.2) is 6.10 Å². The fraction of sp³-hybridized carbons (Fsp3) is 0.559. The molecule has 3 N–H and O–H groups in total. The molecule has 2 aromatic rings. The minimum Gasteiger partial charge on any atom is -0.506 e. The van der Waals surface area contributed by atoms with Gasteiger partial charge in [0.05, 0.1) is 8.95 Å². The summed E-state index contributed by atoms with van der Waals surface area (Å²) in [4.78, 5) is 46.0. The topological polar surface area (TPSA) is 114 Å². The molecule has 12 heteroatoms. The third-order valence-corrected chi connectivity index (χ3v) is 11.4. The molecule has 4 heterocycles. The van der Waals surface area contributed by atoms with Crippen molar-refractivity contribution in [2.24, 2.45) is 11.8 Å². The quantitative estimate of drug-likeness (QED) is 0.333. The maximum atomic E-state index is 14.0. The number of phenols is 1. The molecular formula is C34H45Br2N5O5. The average molecular weight is 764 g/mol. The number of piperidine rings is 3. The number of ether oxygens (including phenoxy) is 1. The zero-order valence-corrected chi connectivity index (χ0v) is 29.2. The number of rotatable bonds is 6. The third-order valence-electron chi connectivity index (χ3n) is 10.2. The van der Waals surface area contributed by atoms with Crippen LogP contribution in [0.5, 0.6) is 5.75 Å². The number of hydrogen-bond acceptors (Lipinski definition) is 6. The summed E-state index contributed by atoms with van der Waals surface area (Å²) in [5, 5.41) is 16.7. The monoisotopic (exact) mass is 761 g/mol. The fourth-order valence-corrected chi connectivity index (χ4v) is 8.82. The Hall–Kier alpha value is -2.83. The summed E-state index contributed by atoms with van der Waals surface area (Å²) < 4.78 is 7.03. The van der Waals surface area contributed by atoms with Crippen molar-refractivity contribution in [3.63, 3.8) is 0 Å². The zero-order chi connectivity index (χ0) is 32.2. The summed E-state index contributed by atoms with van der Waals surface area (Å²) in [6, 6.07) is 11.3. The number of amides is 4. The smallest absolute Gasteiger partial charge is 0.410 e. The number of anilines is 1. The van der Waals surface area contributed by atoms with Crippen molar-refractivity contribution in [1.82, 2.24) is 20.0 Å². The lowest BCUT2D eigenvalue weighted by atomic mass is 9.79. The molecule has 0 saturated carbocycles. The Morgan fingerprint density at radius 3 is 2.24 bits per heavy atom. The third kappa shape index (κ3) is 7.65. The first-order valence-electron chi connectivity index (χ1n) is 16.5. The number of likely N-dealkylation sites (tertiary alicyclic amines) is 2. The molecule has 2 aromatic carbocycles. The molecule has 0 aromatic heterocycles. The predicted octanol–water partition coefficient (Wildman–Crippen LogP) is 6.00. The molecule has 4 amide bonds. The van der Waals surface area contributed by atoms with Crippen LogP contribution in [-0.4, -0.2) is 95.8 Å². The lowest BCUT2D eigenvalue weighted by Gasteiger charge is -2.39. The van der Waals surface area contributed by atoms with Crippen LogP contribution in [0.2, 0.25) is 0 Å². The van der Waals surface area contributed by atoms with Gasteiger partial charge >= 0.3 is 12.1 Å². The van der Waals surface area contributed by atoms with Crippen molar-refractivity contribution >= 4 is 55.6 Å². The molecule has 250 valence electrons. The maximum absolute atomic E-state index is 14.0. The van der Waals surface area contributed by atoms with Crippen LogP contribution in [0, 0.1) is 11.8 Å². The van der Waals surface area contributed by atoms with Gasteiger partial charge in [0, 0.05) is 52.3 Å². The van der Waals surface area contributed by atoms with Crippen LogP contribution in [-0.2, 0) is 22.4 Å². The van der Waals surface area contributed by atoms with Gasteiger partial charge in [0.2, 0.25) is 0 Å². The first kappa shape index (κ1) is 33.1. The van der Waals surface area contributed by atoms with Gasteiger partial charge in [-0.3, -0.25) is 4.79 Å². The van der Waals surface area contributed by atoms with Crippen LogP contribution >= 0.6 is 31.9 Å². The van der Waals surface area contributed by atoms with E-state index in [1.165, 1.54) is 12.8 Å². The van der Waals surface area contributed by atoms with Gasteiger partial charge in [-0.05, 0) is 131 Å². The molecule has 0 radical (unpaired) electrons. The normalized spacial score (nSPS) is 20.9. The number of phenolic OH excluding ortho intramolecular Hbond substituents is 1. The number of carbonyl (C=O) groups is 3. The average Bonchev–Trinajstić information content (AvgIpc) is 3.25. The summed E-state index contributed by atoms with van der Waals surface area (Å²) in [6.45, 7) is 4.97. The van der Waals surface area contributed by atoms with Crippen LogP contribution in [0.3, 0.4) is 0 Å². The number of hydrogen-bond donors (Lipinski definition) is 3. The number of aromatic hydroxyl groups is 1. The number of halogens is 2. The molecular weight excluding hydrogens is 718 g/mol. The maximum Gasteiger partial charge on any atom is 0.410 e. The molecule has 1 atom stereocenters. The molecule has 0 unspecified atom stereocenters. The van der Waals surface area contributed by atoms with Gasteiger partial charge < -0.3 is 35.2 Å². The van der Waals surface area contributed by atoms with E-state index in [0.29, 0.717) is 66.3 Å². The van der Waals surface area contributed by atoms with Gasteiger partial charge in [0.1, 0.15) is 5.75 Å². The van der Waals surface area contributed by atoms with Gasteiger partial charge in [-0.25, -0.2) is 9.59 Å². The number of urea groups is 1. The fourth-order valence-electron chi connectivity index (χ4n) is 7.53. The minimum absolute atomic E-state index is 0. The van der Waals surface area contributed by atoms with Gasteiger partial charge in [0.25, 0.3) is 5.91 Å². The number of carbonyl (C=O) groups excluding carboxylic acids is 3. The van der Waals surface area contributed by atoms with E-state index in [2.05, 4.69) is 42.5 Å². The highest BCUT2D eigenvalue weighted by Crippen LogP contribution is 2.35. The second kappa shape index (κ2) is 14.9. The zero-order valence-electron chi connectivity index (χ0n) is 26.1. The first-order chi connectivity index (χ1) is 22.3. The highest BCUT2D eigenvalue weighted by atomic mass is 79.9. The highest BCUT2D eigenvalue weighted by molar-refractivity contribution is 9.11. The molecule has 3 saturated heterocycles. The summed E-state index contributed by atoms with van der Waals surface area (Å²) in [7, 11) is 0. The van der Waals surface area contributed by atoms with E-state index < -0.39 is 12.2 Å². The van der Waals surface area contributed by atoms with E-state index in [1.807, 2.05) is 34.1 Å². The lowest BCUT2D eigenvalue weighted by Crippen LogP contribution is -2.52. The van der Waals surface area contributed by atoms with E-state index in [1.54, 1.807) is 17.0 Å². The molecule has 46 heavy (non-hydrogen) atoms. The SMILES string of the molecule is O=C(O[C@H](Cc1cc(Br)c(O)c(Br)c1)C(=O)N1CCC(C2CCNCC2)CC1)N1CCC(N2CCc3ccccc3NC2=O)CC1.[HH]. The van der Waals surface area contributed by atoms with Crippen LogP contribution in [0.1, 0.15) is 51.1 Å².